The Labute approximate surface area is 236 Å². The molecule has 1 heterocycles. The Balaban J connectivity index is 1.79. The van der Waals surface area contributed by atoms with E-state index in [1.807, 2.05) is 6.92 Å². The summed E-state index contributed by atoms with van der Waals surface area (Å²) in [5.41, 5.74) is 7.55. The number of nitrogens with one attached hydrogen (secondary N) is 1. The predicted molar refractivity (Wildman–Crippen MR) is 147 cm³/mol. The fourth-order valence-corrected chi connectivity index (χ4v) is 6.38. The third kappa shape index (κ3) is 5.55. The van der Waals surface area contributed by atoms with Crippen LogP contribution in [-0.4, -0.2) is 35.5 Å². The van der Waals surface area contributed by atoms with E-state index in [-0.39, 0.29) is 30.5 Å². The SMILES string of the molecule is CCCC1CC(=O)C2=C(C1)NC(C)=C(C#N)C2c1cc(Br)c(OC(CC(N)=O)C2(C(=O)O)CC2)c(OCC)c1. The quantitative estimate of drug-likeness (QED) is 0.326. The predicted octanol–water partition coefficient (Wildman–Crippen LogP) is 4.85. The maximum atomic E-state index is 13.5. The number of carbonyl (C=O) groups excluding carboxylic acids is 2. The molecule has 0 spiro atoms. The van der Waals surface area contributed by atoms with Crippen LogP contribution in [0.15, 0.2) is 39.1 Å². The molecule has 9 nitrogen and oxygen atoms in total. The lowest BCUT2D eigenvalue weighted by Crippen LogP contribution is -2.38. The molecule has 3 aliphatic rings. The lowest BCUT2D eigenvalue weighted by atomic mass is 9.72. The Morgan fingerprint density at radius 1 is 1.31 bits per heavy atom. The Hall–Kier alpha value is -3.32. The number of allylic oxidation sites excluding steroid dienone is 4. The van der Waals surface area contributed by atoms with Crippen molar-refractivity contribution in [2.24, 2.45) is 17.1 Å². The van der Waals surface area contributed by atoms with Gasteiger partial charge in [0.1, 0.15) is 11.5 Å². The van der Waals surface area contributed by atoms with E-state index in [4.69, 9.17) is 15.2 Å². The number of amides is 1. The number of carbonyl (C=O) groups is 3. The van der Waals surface area contributed by atoms with E-state index in [0.29, 0.717) is 51.9 Å². The van der Waals surface area contributed by atoms with Gasteiger partial charge in [0.2, 0.25) is 5.91 Å². The Morgan fingerprint density at radius 2 is 2.03 bits per heavy atom. The Morgan fingerprint density at radius 3 is 2.59 bits per heavy atom. The van der Waals surface area contributed by atoms with E-state index >= 15 is 0 Å². The van der Waals surface area contributed by atoms with Crippen LogP contribution < -0.4 is 20.5 Å². The molecular formula is C29H34BrN3O6. The van der Waals surface area contributed by atoms with Gasteiger partial charge in [-0.25, -0.2) is 0 Å². The summed E-state index contributed by atoms with van der Waals surface area (Å²) in [7, 11) is 0. The lowest BCUT2D eigenvalue weighted by molar-refractivity contribution is -0.147. The monoisotopic (exact) mass is 599 g/mol. The number of dihydropyridines is 1. The van der Waals surface area contributed by atoms with E-state index in [1.165, 1.54) is 0 Å². The molecule has 0 bridgehead atoms. The molecule has 3 atom stereocenters. The second-order valence-electron chi connectivity index (χ2n) is 10.6. The van der Waals surface area contributed by atoms with Gasteiger partial charge in [0.25, 0.3) is 0 Å². The van der Waals surface area contributed by atoms with Crippen molar-refractivity contribution in [3.8, 4) is 17.6 Å². The second kappa shape index (κ2) is 11.4. The molecule has 208 valence electrons. The number of nitrogens with zero attached hydrogens (tertiary/aromatic N) is 1. The number of aliphatic carboxylic acids is 1. The average molecular weight is 601 g/mol. The standard InChI is InChI=1S/C29H34BrN3O6/c1-4-6-16-9-20-26(21(34)10-16)25(18(14-31)15(3)33-20)17-11-19(30)27(22(12-17)38-5-2)39-23(13-24(32)35)29(7-8-29)28(36)37/h11-12,16,23,25,33H,4-10,13H2,1-3H3,(H2,32,35)(H,36,37). The summed E-state index contributed by atoms with van der Waals surface area (Å²) in [6.45, 7) is 6.04. The zero-order valence-electron chi connectivity index (χ0n) is 22.4. The minimum Gasteiger partial charge on any atom is -0.490 e. The Bertz CT molecular complexity index is 1310. The first-order valence-electron chi connectivity index (χ1n) is 13.3. The molecule has 0 radical (unpaired) electrons. The fourth-order valence-electron chi connectivity index (χ4n) is 5.83. The van der Waals surface area contributed by atoms with Gasteiger partial charge in [-0.3, -0.25) is 14.4 Å². The normalized spacial score (nSPS) is 22.4. The van der Waals surface area contributed by atoms with Crippen molar-refractivity contribution in [1.29, 1.82) is 5.26 Å². The van der Waals surface area contributed by atoms with E-state index < -0.39 is 29.3 Å². The zero-order chi connectivity index (χ0) is 28.5. The van der Waals surface area contributed by atoms with Gasteiger partial charge in [-0.15, -0.1) is 0 Å². The third-order valence-corrected chi connectivity index (χ3v) is 8.46. The van der Waals surface area contributed by atoms with Crippen molar-refractivity contribution in [2.75, 3.05) is 6.61 Å². The van der Waals surface area contributed by atoms with Crippen molar-refractivity contribution >= 4 is 33.6 Å². The highest BCUT2D eigenvalue weighted by atomic mass is 79.9. The summed E-state index contributed by atoms with van der Waals surface area (Å²) < 4.78 is 12.6. The van der Waals surface area contributed by atoms with Crippen LogP contribution >= 0.6 is 15.9 Å². The van der Waals surface area contributed by atoms with Gasteiger partial charge in [0.05, 0.1) is 35.1 Å². The lowest BCUT2D eigenvalue weighted by Gasteiger charge is -2.36. The molecule has 4 N–H and O–H groups in total. The molecule has 1 aliphatic heterocycles. The van der Waals surface area contributed by atoms with E-state index in [0.717, 1.165) is 25.0 Å². The molecule has 1 fully saturated rings. The van der Waals surface area contributed by atoms with Crippen molar-refractivity contribution < 1.29 is 29.0 Å². The van der Waals surface area contributed by atoms with Crippen LogP contribution in [0.25, 0.3) is 0 Å². The number of benzene rings is 1. The molecular weight excluding hydrogens is 566 g/mol. The van der Waals surface area contributed by atoms with Crippen LogP contribution in [0, 0.1) is 22.7 Å². The van der Waals surface area contributed by atoms with Gasteiger partial charge in [-0.2, -0.15) is 5.26 Å². The van der Waals surface area contributed by atoms with Gasteiger partial charge in [0, 0.05) is 23.4 Å². The number of primary amides is 1. The second-order valence-corrected chi connectivity index (χ2v) is 11.4. The number of Topliss-reactive ketones (excluding diaryl/α,β-unsaturated/α-hetero) is 1. The molecule has 2 aliphatic carbocycles. The maximum absolute atomic E-state index is 13.5. The van der Waals surface area contributed by atoms with Crippen LogP contribution in [0.5, 0.6) is 11.5 Å². The highest BCUT2D eigenvalue weighted by Gasteiger charge is 2.58. The van der Waals surface area contributed by atoms with Gasteiger partial charge in [-0.05, 0) is 79.1 Å². The van der Waals surface area contributed by atoms with E-state index in [9.17, 15) is 24.8 Å². The zero-order valence-corrected chi connectivity index (χ0v) is 24.0. The largest absolute Gasteiger partial charge is 0.490 e. The third-order valence-electron chi connectivity index (χ3n) is 7.87. The van der Waals surface area contributed by atoms with Crippen molar-refractivity contribution in [1.82, 2.24) is 5.32 Å². The van der Waals surface area contributed by atoms with Crippen LogP contribution in [0.4, 0.5) is 0 Å². The maximum Gasteiger partial charge on any atom is 0.313 e. The average Bonchev–Trinajstić information content (AvgIpc) is 3.67. The summed E-state index contributed by atoms with van der Waals surface area (Å²) in [5, 5.41) is 23.3. The number of ether oxygens (including phenoxy) is 2. The van der Waals surface area contributed by atoms with Crippen LogP contribution in [0.1, 0.15) is 77.2 Å². The minimum absolute atomic E-state index is 0.0283. The van der Waals surface area contributed by atoms with Crippen LogP contribution in [-0.2, 0) is 14.4 Å². The molecule has 39 heavy (non-hydrogen) atoms. The van der Waals surface area contributed by atoms with Crippen LogP contribution in [0.2, 0.25) is 0 Å². The first kappa shape index (κ1) is 28.7. The van der Waals surface area contributed by atoms with E-state index in [1.54, 1.807) is 19.1 Å². The van der Waals surface area contributed by atoms with Gasteiger partial charge in [-0.1, -0.05) is 13.3 Å². The molecule has 1 saturated carbocycles. The van der Waals surface area contributed by atoms with Gasteiger partial charge >= 0.3 is 5.97 Å². The van der Waals surface area contributed by atoms with Crippen molar-refractivity contribution in [3.63, 3.8) is 0 Å². The number of hydrogen-bond acceptors (Lipinski definition) is 7. The first-order chi connectivity index (χ1) is 18.6. The minimum atomic E-state index is -1.19. The number of halogens is 1. The summed E-state index contributed by atoms with van der Waals surface area (Å²) in [6, 6.07) is 5.81. The number of ketones is 1. The van der Waals surface area contributed by atoms with Gasteiger partial charge in [0.15, 0.2) is 17.3 Å². The van der Waals surface area contributed by atoms with Gasteiger partial charge < -0.3 is 25.6 Å². The van der Waals surface area contributed by atoms with E-state index in [2.05, 4.69) is 34.2 Å². The molecule has 1 aromatic carbocycles. The number of carboxylic acids is 1. The molecule has 4 rings (SSSR count). The molecule has 1 aromatic rings. The van der Waals surface area contributed by atoms with Crippen molar-refractivity contribution in [3.05, 3.63) is 44.7 Å². The molecule has 0 saturated heterocycles. The first-order valence-corrected chi connectivity index (χ1v) is 14.1. The number of rotatable bonds is 11. The number of nitriles is 1. The summed E-state index contributed by atoms with van der Waals surface area (Å²) in [6.07, 6.45) is 2.65. The molecule has 10 heteroatoms. The molecule has 0 aromatic heterocycles. The summed E-state index contributed by atoms with van der Waals surface area (Å²) in [4.78, 5) is 37.3. The smallest absolute Gasteiger partial charge is 0.313 e. The summed E-state index contributed by atoms with van der Waals surface area (Å²) >= 11 is 3.56. The fraction of sp³-hybridized carbons (Fsp3) is 0.517. The molecule has 3 unspecified atom stereocenters. The number of carboxylic acid groups (broad SMARTS) is 1. The number of hydrogen-bond donors (Lipinski definition) is 3. The Kier molecular flexibility index (Phi) is 8.40. The van der Waals surface area contributed by atoms with Crippen LogP contribution in [0.3, 0.4) is 0 Å². The topological polar surface area (TPSA) is 152 Å². The van der Waals surface area contributed by atoms with Crippen molar-refractivity contribution in [2.45, 2.75) is 77.7 Å². The molecule has 1 amide bonds. The summed E-state index contributed by atoms with van der Waals surface area (Å²) in [5.74, 6) is -1.42. The number of nitrogens with two attached hydrogens (primary N) is 1. The highest BCUT2D eigenvalue weighted by molar-refractivity contribution is 9.10. The highest BCUT2D eigenvalue weighted by Crippen LogP contribution is 2.53.